The summed E-state index contributed by atoms with van der Waals surface area (Å²) in [6.07, 6.45) is -2.44. The molecule has 5 rings (SSSR count). The van der Waals surface area contributed by atoms with E-state index in [0.717, 1.165) is 39.7 Å². The molecule has 6 heteroatoms. The van der Waals surface area contributed by atoms with Gasteiger partial charge >= 0.3 is 6.18 Å². The van der Waals surface area contributed by atoms with Gasteiger partial charge in [-0.25, -0.2) is 9.97 Å². The molecule has 3 nitrogen and oxygen atoms in total. The van der Waals surface area contributed by atoms with E-state index in [0.29, 0.717) is 16.9 Å². The van der Waals surface area contributed by atoms with Gasteiger partial charge in [0.1, 0.15) is 0 Å². The number of H-pyrrole nitrogens is 1. The van der Waals surface area contributed by atoms with Gasteiger partial charge in [-0.15, -0.1) is 0 Å². The summed E-state index contributed by atoms with van der Waals surface area (Å²) >= 11 is 0. The van der Waals surface area contributed by atoms with Crippen LogP contribution in [0.3, 0.4) is 0 Å². The Bertz CT molecular complexity index is 1340. The van der Waals surface area contributed by atoms with Gasteiger partial charge in [-0.3, -0.25) is 0 Å². The van der Waals surface area contributed by atoms with Crippen molar-refractivity contribution in [1.29, 1.82) is 0 Å². The lowest BCUT2D eigenvalue weighted by molar-refractivity contribution is -0.137. The summed E-state index contributed by atoms with van der Waals surface area (Å²) in [5.41, 5.74) is 3.84. The van der Waals surface area contributed by atoms with E-state index >= 15 is 0 Å². The predicted molar refractivity (Wildman–Crippen MR) is 107 cm³/mol. The second-order valence-electron chi connectivity index (χ2n) is 6.76. The molecule has 0 spiro atoms. The molecular formula is C23H14F3N3. The Morgan fingerprint density at radius 1 is 0.724 bits per heavy atom. The number of pyridine rings is 2. The molecule has 142 valence electrons. The third-order valence-electron chi connectivity index (χ3n) is 4.93. The first-order valence-corrected chi connectivity index (χ1v) is 9.01. The zero-order valence-corrected chi connectivity index (χ0v) is 15.0. The number of hydrogen-bond acceptors (Lipinski definition) is 2. The number of halogens is 3. The molecule has 0 aliphatic rings. The number of alkyl halides is 3. The monoisotopic (exact) mass is 389 g/mol. The Morgan fingerprint density at radius 2 is 1.41 bits per heavy atom. The maximum Gasteiger partial charge on any atom is 0.416 e. The van der Waals surface area contributed by atoms with Crippen molar-refractivity contribution in [1.82, 2.24) is 15.0 Å². The predicted octanol–water partition coefficient (Wildman–Crippen LogP) is 6.46. The van der Waals surface area contributed by atoms with Gasteiger partial charge in [0.25, 0.3) is 0 Å². The molecule has 2 aromatic carbocycles. The molecular weight excluding hydrogens is 375 g/mol. The van der Waals surface area contributed by atoms with E-state index in [1.54, 1.807) is 6.07 Å². The van der Waals surface area contributed by atoms with Crippen molar-refractivity contribution >= 4 is 21.9 Å². The molecule has 0 aliphatic carbocycles. The molecule has 1 N–H and O–H groups in total. The fourth-order valence-corrected chi connectivity index (χ4v) is 3.42. The van der Waals surface area contributed by atoms with Crippen molar-refractivity contribution in [2.75, 3.05) is 0 Å². The van der Waals surface area contributed by atoms with Crippen molar-refractivity contribution in [2.45, 2.75) is 6.18 Å². The number of para-hydroxylation sites is 1. The number of aromatic amines is 1. The molecule has 0 saturated carbocycles. The Labute approximate surface area is 163 Å². The lowest BCUT2D eigenvalue weighted by Crippen LogP contribution is -2.04. The van der Waals surface area contributed by atoms with Gasteiger partial charge < -0.3 is 4.98 Å². The van der Waals surface area contributed by atoms with Gasteiger partial charge in [-0.1, -0.05) is 30.3 Å². The van der Waals surface area contributed by atoms with Crippen LogP contribution in [0, 0.1) is 0 Å². The lowest BCUT2D eigenvalue weighted by atomic mass is 10.1. The van der Waals surface area contributed by atoms with Gasteiger partial charge in [-0.05, 0) is 42.5 Å². The summed E-state index contributed by atoms with van der Waals surface area (Å²) in [4.78, 5) is 12.5. The van der Waals surface area contributed by atoms with Crippen molar-refractivity contribution in [2.24, 2.45) is 0 Å². The number of hydrogen-bond donors (Lipinski definition) is 1. The first kappa shape index (κ1) is 17.4. The van der Waals surface area contributed by atoms with Crippen molar-refractivity contribution in [3.63, 3.8) is 0 Å². The van der Waals surface area contributed by atoms with Crippen LogP contribution in [-0.2, 0) is 6.18 Å². The molecule has 0 saturated heterocycles. The summed E-state index contributed by atoms with van der Waals surface area (Å²) in [7, 11) is 0. The Kier molecular flexibility index (Phi) is 3.87. The molecule has 3 aromatic heterocycles. The van der Waals surface area contributed by atoms with E-state index in [1.807, 2.05) is 48.7 Å². The molecule has 5 aromatic rings. The van der Waals surface area contributed by atoms with Gasteiger partial charge in [0.2, 0.25) is 0 Å². The smallest absolute Gasteiger partial charge is 0.360 e. The fourth-order valence-electron chi connectivity index (χ4n) is 3.42. The second-order valence-corrected chi connectivity index (χ2v) is 6.76. The van der Waals surface area contributed by atoms with Gasteiger partial charge in [-0.2, -0.15) is 13.2 Å². The SMILES string of the molecule is FC(F)(F)c1ccc(-c2ccc3ccc(-c4c[nH]c5ccccc45)nc3n2)cc1. The molecule has 3 heterocycles. The first-order valence-electron chi connectivity index (χ1n) is 9.01. The topological polar surface area (TPSA) is 41.6 Å². The molecule has 0 aliphatic heterocycles. The van der Waals surface area contributed by atoms with Crippen LogP contribution in [0.25, 0.3) is 44.5 Å². The maximum absolute atomic E-state index is 12.8. The quantitative estimate of drug-likeness (QED) is 0.376. The number of nitrogens with zero attached hydrogens (tertiary/aromatic N) is 2. The minimum absolute atomic E-state index is 0.546. The standard InChI is InChI=1S/C23H14F3N3/c24-23(25,26)16-9-5-14(6-10-16)19-11-7-15-8-12-21(29-22(15)28-19)18-13-27-20-4-2-1-3-17(18)20/h1-13,27H. The number of fused-ring (bicyclic) bond motifs is 2. The first-order chi connectivity index (χ1) is 14.0. The van der Waals surface area contributed by atoms with E-state index in [4.69, 9.17) is 4.98 Å². The summed E-state index contributed by atoms with van der Waals surface area (Å²) in [6, 6.07) is 20.5. The molecule has 29 heavy (non-hydrogen) atoms. The van der Waals surface area contributed by atoms with E-state index in [9.17, 15) is 13.2 Å². The summed E-state index contributed by atoms with van der Waals surface area (Å²) < 4.78 is 38.4. The van der Waals surface area contributed by atoms with E-state index < -0.39 is 11.7 Å². The normalized spacial score (nSPS) is 12.0. The highest BCUT2D eigenvalue weighted by Crippen LogP contribution is 2.32. The van der Waals surface area contributed by atoms with Crippen LogP contribution < -0.4 is 0 Å². The average molecular weight is 389 g/mol. The van der Waals surface area contributed by atoms with Crippen LogP contribution in [0.15, 0.2) is 79.0 Å². The molecule has 0 unspecified atom stereocenters. The van der Waals surface area contributed by atoms with Crippen LogP contribution in [0.2, 0.25) is 0 Å². The van der Waals surface area contributed by atoms with E-state index in [1.165, 1.54) is 12.1 Å². The van der Waals surface area contributed by atoms with Crippen LogP contribution in [0.5, 0.6) is 0 Å². The Hall–Kier alpha value is -3.67. The largest absolute Gasteiger partial charge is 0.416 e. The number of rotatable bonds is 2. The zero-order chi connectivity index (χ0) is 20.0. The van der Waals surface area contributed by atoms with E-state index in [2.05, 4.69) is 9.97 Å². The maximum atomic E-state index is 12.8. The summed E-state index contributed by atoms with van der Waals surface area (Å²) in [5, 5.41) is 1.93. The Balaban J connectivity index is 1.58. The molecule has 0 atom stereocenters. The highest BCUT2D eigenvalue weighted by atomic mass is 19.4. The molecule has 0 amide bonds. The fraction of sp³-hybridized carbons (Fsp3) is 0.0435. The van der Waals surface area contributed by atoms with Crippen LogP contribution in [0.4, 0.5) is 13.2 Å². The second kappa shape index (κ2) is 6.44. The average Bonchev–Trinajstić information content (AvgIpc) is 3.17. The van der Waals surface area contributed by atoms with Crippen molar-refractivity contribution in [3.8, 4) is 22.5 Å². The minimum Gasteiger partial charge on any atom is -0.360 e. The van der Waals surface area contributed by atoms with Crippen molar-refractivity contribution < 1.29 is 13.2 Å². The van der Waals surface area contributed by atoms with Crippen LogP contribution in [0.1, 0.15) is 5.56 Å². The van der Waals surface area contributed by atoms with Gasteiger partial charge in [0.05, 0.1) is 17.0 Å². The summed E-state index contributed by atoms with van der Waals surface area (Å²) in [5.74, 6) is 0. The molecule has 0 radical (unpaired) electrons. The van der Waals surface area contributed by atoms with E-state index in [-0.39, 0.29) is 0 Å². The third-order valence-corrected chi connectivity index (χ3v) is 4.93. The highest BCUT2D eigenvalue weighted by molar-refractivity contribution is 5.95. The number of nitrogens with one attached hydrogen (secondary N) is 1. The molecule has 0 fully saturated rings. The third kappa shape index (κ3) is 3.12. The van der Waals surface area contributed by atoms with Crippen LogP contribution >= 0.6 is 0 Å². The lowest BCUT2D eigenvalue weighted by Gasteiger charge is -2.08. The zero-order valence-electron chi connectivity index (χ0n) is 15.0. The summed E-state index contributed by atoms with van der Waals surface area (Å²) in [6.45, 7) is 0. The molecule has 0 bridgehead atoms. The minimum atomic E-state index is -4.36. The number of benzene rings is 2. The Morgan fingerprint density at radius 3 is 2.17 bits per heavy atom. The van der Waals surface area contributed by atoms with Gasteiger partial charge in [0, 0.05) is 33.6 Å². The highest BCUT2D eigenvalue weighted by Gasteiger charge is 2.30. The van der Waals surface area contributed by atoms with Crippen molar-refractivity contribution in [3.05, 3.63) is 84.6 Å². The number of aromatic nitrogens is 3. The van der Waals surface area contributed by atoms with Gasteiger partial charge in [0.15, 0.2) is 5.65 Å². The van der Waals surface area contributed by atoms with Crippen LogP contribution in [-0.4, -0.2) is 15.0 Å².